The molecule has 1 amide bonds. The average molecular weight is 333 g/mol. The number of esters is 1. The summed E-state index contributed by atoms with van der Waals surface area (Å²) >= 11 is 0. The Bertz CT molecular complexity index is 687. The van der Waals surface area contributed by atoms with E-state index in [-0.39, 0.29) is 0 Å². The van der Waals surface area contributed by atoms with Crippen LogP contribution in [0.15, 0.2) is 0 Å². The zero-order chi connectivity index (χ0) is 22.8. The fourth-order valence-corrected chi connectivity index (χ4v) is 1.33. The number of methoxy groups -OCH3 is 1. The number of nitrogens with one attached hydrogen (secondary N) is 1. The molecule has 0 heterocycles. The fraction of sp³-hybridized carbons (Fsp3) is 0.733. The molecule has 8 nitrogen and oxygen atoms in total. The smallest absolute Gasteiger partial charge is 0.408 e. The SMILES string of the molecule is [2H]C([2H])(C#N)[C@@](C)(C(=O)CO)C([2H])([2H])[C@]([2H])(NC(=O)OC(C)(C)C)C(=O)OC. The molecule has 0 aromatic rings. The fourth-order valence-electron chi connectivity index (χ4n) is 1.33. The summed E-state index contributed by atoms with van der Waals surface area (Å²) in [5, 5.41) is 20.0. The van der Waals surface area contributed by atoms with Crippen LogP contribution in [0.5, 0.6) is 0 Å². The molecule has 0 aromatic heterocycles. The Kier molecular flexibility index (Phi) is 4.91. The van der Waals surface area contributed by atoms with Crippen LogP contribution in [0.25, 0.3) is 0 Å². The summed E-state index contributed by atoms with van der Waals surface area (Å²) in [5.74, 6) is -3.19. The number of alkyl carbamates (subject to hydrolysis) is 1. The Morgan fingerprint density at radius 1 is 1.39 bits per heavy atom. The molecule has 0 aromatic carbocycles. The van der Waals surface area contributed by atoms with Gasteiger partial charge in [0.1, 0.15) is 18.2 Å². The third-order valence-corrected chi connectivity index (χ3v) is 2.40. The Labute approximate surface area is 142 Å². The predicted octanol–water partition coefficient (Wildman–Crippen LogP) is 0.924. The summed E-state index contributed by atoms with van der Waals surface area (Å²) in [6, 6.07) is -2.30. The van der Waals surface area contributed by atoms with E-state index < -0.39 is 54.2 Å². The standard InChI is InChI=1S/C15H24N2O6/c1-14(2,3)23-13(21)17-10(12(20)22-5)8-15(4,6-7-16)11(19)9-18/h10,18H,6,8-9H2,1-5H3,(H,17,21)/t10-,15+/m0/s1/i6D2,8D2,10D. The molecule has 0 saturated carbocycles. The van der Waals surface area contributed by atoms with E-state index in [1.165, 1.54) is 20.8 Å². The lowest BCUT2D eigenvalue weighted by atomic mass is 9.77. The molecular formula is C15H24N2O6. The number of hydrogen-bond acceptors (Lipinski definition) is 7. The van der Waals surface area contributed by atoms with Crippen LogP contribution in [0, 0.1) is 16.7 Å². The van der Waals surface area contributed by atoms with Crippen LogP contribution in [0.3, 0.4) is 0 Å². The Balaban J connectivity index is 6.68. The summed E-state index contributed by atoms with van der Waals surface area (Å²) in [5.41, 5.74) is -4.16. The molecule has 0 radical (unpaired) electrons. The first-order chi connectivity index (χ1) is 12.4. The van der Waals surface area contributed by atoms with Gasteiger partial charge >= 0.3 is 12.1 Å². The second-order valence-corrected chi connectivity index (χ2v) is 5.56. The number of hydrogen-bond donors (Lipinski definition) is 2. The topological polar surface area (TPSA) is 126 Å². The zero-order valence-corrected chi connectivity index (χ0v) is 13.6. The molecular weight excluding hydrogens is 304 g/mol. The molecule has 0 bridgehead atoms. The Hall–Kier alpha value is -2.14. The van der Waals surface area contributed by atoms with E-state index in [0.717, 1.165) is 13.2 Å². The van der Waals surface area contributed by atoms with Crippen molar-refractivity contribution in [3.8, 4) is 6.07 Å². The van der Waals surface area contributed by atoms with Crippen molar-refractivity contribution >= 4 is 17.8 Å². The van der Waals surface area contributed by atoms with E-state index in [0.29, 0.717) is 6.92 Å². The molecule has 0 unspecified atom stereocenters. The number of nitriles is 1. The summed E-state index contributed by atoms with van der Waals surface area (Å²) in [6.45, 7) is 3.62. The second-order valence-electron chi connectivity index (χ2n) is 5.56. The molecule has 0 rings (SSSR count). The van der Waals surface area contributed by atoms with E-state index in [2.05, 4.69) is 4.74 Å². The van der Waals surface area contributed by atoms with E-state index in [1.54, 1.807) is 5.32 Å². The van der Waals surface area contributed by atoms with Crippen LogP contribution < -0.4 is 5.32 Å². The van der Waals surface area contributed by atoms with Crippen molar-refractivity contribution in [1.29, 1.82) is 5.26 Å². The molecule has 0 spiro atoms. The van der Waals surface area contributed by atoms with E-state index in [4.69, 9.17) is 16.9 Å². The number of nitrogens with zero attached hydrogens (tertiary/aromatic N) is 1. The van der Waals surface area contributed by atoms with Gasteiger partial charge in [0.15, 0.2) is 5.78 Å². The molecule has 0 aliphatic heterocycles. The van der Waals surface area contributed by atoms with Gasteiger partial charge in [-0.15, -0.1) is 0 Å². The minimum absolute atomic E-state index is 0.637. The van der Waals surface area contributed by atoms with Gasteiger partial charge in [0, 0.05) is 17.3 Å². The molecule has 0 aliphatic carbocycles. The summed E-state index contributed by atoms with van der Waals surface area (Å²) < 4.78 is 49.6. The van der Waals surface area contributed by atoms with E-state index in [9.17, 15) is 19.5 Å². The molecule has 0 fully saturated rings. The number of ether oxygens (including phenoxy) is 2. The number of carbonyl (C=O) groups excluding carboxylic acids is 3. The Morgan fingerprint density at radius 2 is 1.96 bits per heavy atom. The molecule has 0 saturated heterocycles. The number of amides is 1. The summed E-state index contributed by atoms with van der Waals surface area (Å²) in [4.78, 5) is 36.7. The maximum absolute atomic E-state index is 12.3. The number of aliphatic hydroxyl groups excluding tert-OH is 1. The van der Waals surface area contributed by atoms with Crippen LogP contribution >= 0.6 is 0 Å². The monoisotopic (exact) mass is 333 g/mol. The van der Waals surface area contributed by atoms with Gasteiger partial charge in [0.25, 0.3) is 0 Å². The number of Topliss-reactive ketones (excluding diaryl/α,β-unsaturated/α-hetero) is 1. The third-order valence-electron chi connectivity index (χ3n) is 2.40. The van der Waals surface area contributed by atoms with Gasteiger partial charge in [-0.1, -0.05) is 6.92 Å². The van der Waals surface area contributed by atoms with Crippen molar-refractivity contribution in [2.45, 2.75) is 52.1 Å². The number of carbonyl (C=O) groups is 3. The van der Waals surface area contributed by atoms with Crippen LogP contribution in [-0.4, -0.2) is 48.3 Å². The van der Waals surface area contributed by atoms with Crippen LogP contribution in [0.4, 0.5) is 4.79 Å². The van der Waals surface area contributed by atoms with Crippen molar-refractivity contribution in [3.05, 3.63) is 0 Å². The molecule has 2 atom stereocenters. The first-order valence-electron chi connectivity index (χ1n) is 9.03. The number of aliphatic hydroxyl groups is 1. The van der Waals surface area contributed by atoms with Gasteiger partial charge in [-0.05, 0) is 27.1 Å². The second kappa shape index (κ2) is 8.48. The van der Waals surface area contributed by atoms with Crippen molar-refractivity contribution in [1.82, 2.24) is 5.32 Å². The van der Waals surface area contributed by atoms with Crippen LogP contribution in [0.1, 0.15) is 47.3 Å². The van der Waals surface area contributed by atoms with Gasteiger partial charge in [-0.25, -0.2) is 9.59 Å². The highest BCUT2D eigenvalue weighted by Crippen LogP contribution is 2.29. The third kappa shape index (κ3) is 7.10. The molecule has 2 N–H and O–H groups in total. The van der Waals surface area contributed by atoms with Gasteiger partial charge in [0.2, 0.25) is 0 Å². The van der Waals surface area contributed by atoms with Crippen molar-refractivity contribution in [3.63, 3.8) is 0 Å². The quantitative estimate of drug-likeness (QED) is 0.663. The number of rotatable bonds is 7. The van der Waals surface area contributed by atoms with E-state index in [1.807, 2.05) is 0 Å². The largest absolute Gasteiger partial charge is 0.467 e. The molecule has 0 aliphatic rings. The van der Waals surface area contributed by atoms with Gasteiger partial charge < -0.3 is 19.9 Å². The molecule has 130 valence electrons. The number of ketones is 1. The highest BCUT2D eigenvalue weighted by Gasteiger charge is 2.39. The highest BCUT2D eigenvalue weighted by molar-refractivity contribution is 5.87. The van der Waals surface area contributed by atoms with E-state index >= 15 is 0 Å². The maximum Gasteiger partial charge on any atom is 0.408 e. The molecule has 8 heteroatoms. The summed E-state index contributed by atoms with van der Waals surface area (Å²) in [6.07, 6.45) is -8.29. The predicted molar refractivity (Wildman–Crippen MR) is 80.2 cm³/mol. The van der Waals surface area contributed by atoms with Crippen LogP contribution in [-0.2, 0) is 19.1 Å². The zero-order valence-electron chi connectivity index (χ0n) is 18.6. The lowest BCUT2D eigenvalue weighted by Crippen LogP contribution is -2.48. The van der Waals surface area contributed by atoms with Crippen molar-refractivity contribution in [2.24, 2.45) is 5.41 Å². The first kappa shape index (κ1) is 13.3. The lowest BCUT2D eigenvalue weighted by molar-refractivity contribution is -0.145. The van der Waals surface area contributed by atoms with Gasteiger partial charge in [0.05, 0.1) is 14.5 Å². The maximum atomic E-state index is 12.3. The Morgan fingerprint density at radius 3 is 2.35 bits per heavy atom. The van der Waals surface area contributed by atoms with Gasteiger partial charge in [-0.3, -0.25) is 4.79 Å². The van der Waals surface area contributed by atoms with Crippen molar-refractivity contribution < 1.29 is 35.8 Å². The van der Waals surface area contributed by atoms with Gasteiger partial charge in [-0.2, -0.15) is 5.26 Å². The van der Waals surface area contributed by atoms with Crippen LogP contribution in [0.2, 0.25) is 0 Å². The lowest BCUT2D eigenvalue weighted by Gasteiger charge is -2.29. The minimum atomic E-state index is -3.58. The minimum Gasteiger partial charge on any atom is -0.467 e. The average Bonchev–Trinajstić information content (AvgIpc) is 2.56. The first-order valence-corrected chi connectivity index (χ1v) is 6.53. The van der Waals surface area contributed by atoms with Crippen molar-refractivity contribution in [2.75, 3.05) is 13.7 Å². The normalized spacial score (nSPS) is 20.7. The summed E-state index contributed by atoms with van der Waals surface area (Å²) in [7, 11) is 0.780. The molecule has 23 heavy (non-hydrogen) atoms. The highest BCUT2D eigenvalue weighted by atomic mass is 16.6.